The Balaban J connectivity index is 1.38. The van der Waals surface area contributed by atoms with E-state index >= 15 is 0 Å². The van der Waals surface area contributed by atoms with E-state index in [0.29, 0.717) is 5.92 Å². The van der Waals surface area contributed by atoms with Crippen molar-refractivity contribution in [1.29, 1.82) is 0 Å². The molecule has 2 unspecified atom stereocenters. The maximum absolute atomic E-state index is 6.55. The average molecular weight is 325 g/mol. The minimum Gasteiger partial charge on any atom is -0.486 e. The molecule has 1 aromatic carbocycles. The van der Waals surface area contributed by atoms with Gasteiger partial charge in [0.05, 0.1) is 12.8 Å². The summed E-state index contributed by atoms with van der Waals surface area (Å²) in [5, 5.41) is 0. The molecule has 2 aromatic rings. The molecule has 0 radical (unpaired) electrons. The quantitative estimate of drug-likeness (QED) is 0.749. The Hall–Kier alpha value is -1.74. The van der Waals surface area contributed by atoms with Crippen LogP contribution in [0.3, 0.4) is 0 Å². The Morgan fingerprint density at radius 1 is 1.17 bits per heavy atom. The standard InChI is InChI=1S/C21H27NO2/c1-22(16-17-8-6-15-23-17)14-7-13-21-12-5-4-10-19(21)18-9-2-3-11-20(18)24-21/h2-3,6,8-9,11,15,19H,4-5,7,10,12-14,16H2,1H3. The molecule has 1 aliphatic carbocycles. The van der Waals surface area contributed by atoms with Crippen LogP contribution in [0.5, 0.6) is 5.75 Å². The highest BCUT2D eigenvalue weighted by atomic mass is 16.5. The van der Waals surface area contributed by atoms with Crippen LogP contribution in [0.1, 0.15) is 55.8 Å². The fourth-order valence-corrected chi connectivity index (χ4v) is 4.60. The van der Waals surface area contributed by atoms with Crippen LogP contribution in [0, 0.1) is 0 Å². The van der Waals surface area contributed by atoms with Gasteiger partial charge in [-0.05, 0) is 63.9 Å². The first-order chi connectivity index (χ1) is 11.8. The molecule has 1 fully saturated rings. The van der Waals surface area contributed by atoms with Gasteiger partial charge in [0.15, 0.2) is 0 Å². The van der Waals surface area contributed by atoms with Gasteiger partial charge in [0.2, 0.25) is 0 Å². The molecule has 2 atom stereocenters. The lowest BCUT2D eigenvalue weighted by Gasteiger charge is -2.39. The number of ether oxygens (including phenoxy) is 1. The summed E-state index contributed by atoms with van der Waals surface area (Å²) >= 11 is 0. The summed E-state index contributed by atoms with van der Waals surface area (Å²) in [6.07, 6.45) is 9.18. The van der Waals surface area contributed by atoms with E-state index in [1.54, 1.807) is 6.26 Å². The second-order valence-electron chi connectivity index (χ2n) is 7.42. The van der Waals surface area contributed by atoms with Gasteiger partial charge in [-0.3, -0.25) is 4.90 Å². The number of hydrogen-bond donors (Lipinski definition) is 0. The van der Waals surface area contributed by atoms with E-state index in [2.05, 4.69) is 36.2 Å². The van der Waals surface area contributed by atoms with Crippen LogP contribution in [-0.4, -0.2) is 24.1 Å². The van der Waals surface area contributed by atoms with E-state index in [9.17, 15) is 0 Å². The van der Waals surface area contributed by atoms with Crippen LogP contribution in [0.2, 0.25) is 0 Å². The van der Waals surface area contributed by atoms with Crippen LogP contribution in [0.25, 0.3) is 0 Å². The molecule has 2 aliphatic rings. The number of para-hydroxylation sites is 1. The smallest absolute Gasteiger partial charge is 0.123 e. The number of benzene rings is 1. The SMILES string of the molecule is CN(CCCC12CCCCC1c1ccccc1O2)Cc1ccco1. The van der Waals surface area contributed by atoms with Gasteiger partial charge in [-0.15, -0.1) is 0 Å². The van der Waals surface area contributed by atoms with E-state index < -0.39 is 0 Å². The zero-order valence-corrected chi connectivity index (χ0v) is 14.5. The zero-order valence-electron chi connectivity index (χ0n) is 14.5. The van der Waals surface area contributed by atoms with Crippen molar-refractivity contribution in [1.82, 2.24) is 4.90 Å². The summed E-state index contributed by atoms with van der Waals surface area (Å²) in [4.78, 5) is 2.34. The maximum atomic E-state index is 6.55. The maximum Gasteiger partial charge on any atom is 0.123 e. The lowest BCUT2D eigenvalue weighted by Crippen LogP contribution is -2.41. The van der Waals surface area contributed by atoms with Crippen molar-refractivity contribution in [2.45, 2.75) is 56.6 Å². The molecule has 3 heteroatoms. The molecule has 1 aromatic heterocycles. The van der Waals surface area contributed by atoms with Gasteiger partial charge in [-0.1, -0.05) is 24.6 Å². The molecule has 24 heavy (non-hydrogen) atoms. The number of furan rings is 1. The molecule has 0 N–H and O–H groups in total. The summed E-state index contributed by atoms with van der Waals surface area (Å²) in [6.45, 7) is 1.96. The van der Waals surface area contributed by atoms with Gasteiger partial charge >= 0.3 is 0 Å². The highest BCUT2D eigenvalue weighted by Crippen LogP contribution is 2.53. The summed E-state index contributed by atoms with van der Waals surface area (Å²) in [5.74, 6) is 2.77. The highest BCUT2D eigenvalue weighted by molar-refractivity contribution is 5.43. The highest BCUT2D eigenvalue weighted by Gasteiger charge is 2.48. The molecule has 1 saturated carbocycles. The normalized spacial score (nSPS) is 25.3. The second-order valence-corrected chi connectivity index (χ2v) is 7.42. The minimum atomic E-state index is 0.0491. The van der Waals surface area contributed by atoms with Gasteiger partial charge < -0.3 is 9.15 Å². The van der Waals surface area contributed by atoms with Gasteiger partial charge in [0.1, 0.15) is 17.1 Å². The van der Waals surface area contributed by atoms with Crippen LogP contribution >= 0.6 is 0 Å². The van der Waals surface area contributed by atoms with Crippen molar-refractivity contribution in [3.05, 3.63) is 54.0 Å². The van der Waals surface area contributed by atoms with Crippen molar-refractivity contribution in [2.75, 3.05) is 13.6 Å². The van der Waals surface area contributed by atoms with Gasteiger partial charge in [-0.2, -0.15) is 0 Å². The average Bonchev–Trinajstić information content (AvgIpc) is 3.20. The monoisotopic (exact) mass is 325 g/mol. The number of rotatable bonds is 6. The largest absolute Gasteiger partial charge is 0.486 e. The van der Waals surface area contributed by atoms with Gasteiger partial charge in [0.25, 0.3) is 0 Å². The summed E-state index contributed by atoms with van der Waals surface area (Å²) in [7, 11) is 2.17. The third-order valence-corrected chi connectivity index (χ3v) is 5.73. The molecular formula is C21H27NO2. The molecule has 4 rings (SSSR count). The molecule has 1 aliphatic heterocycles. The van der Waals surface area contributed by atoms with Crippen molar-refractivity contribution >= 4 is 0 Å². The summed E-state index contributed by atoms with van der Waals surface area (Å²) in [6, 6.07) is 12.7. The van der Waals surface area contributed by atoms with E-state index in [1.165, 1.54) is 37.7 Å². The van der Waals surface area contributed by atoms with E-state index in [1.807, 2.05) is 12.1 Å². The molecule has 0 bridgehead atoms. The third-order valence-electron chi connectivity index (χ3n) is 5.73. The van der Waals surface area contributed by atoms with Crippen molar-refractivity contribution in [2.24, 2.45) is 0 Å². The number of hydrogen-bond acceptors (Lipinski definition) is 3. The molecule has 128 valence electrons. The number of fused-ring (bicyclic) bond motifs is 3. The van der Waals surface area contributed by atoms with Crippen molar-refractivity contribution in [3.8, 4) is 5.75 Å². The van der Waals surface area contributed by atoms with Gasteiger partial charge in [-0.25, -0.2) is 0 Å². The Labute approximate surface area is 144 Å². The van der Waals surface area contributed by atoms with Crippen LogP contribution in [-0.2, 0) is 6.54 Å². The van der Waals surface area contributed by atoms with E-state index in [4.69, 9.17) is 9.15 Å². The third kappa shape index (κ3) is 2.98. The van der Waals surface area contributed by atoms with Crippen molar-refractivity contribution < 1.29 is 9.15 Å². The number of nitrogens with zero attached hydrogens (tertiary/aromatic N) is 1. The Bertz CT molecular complexity index is 666. The van der Waals surface area contributed by atoms with Crippen LogP contribution in [0.4, 0.5) is 0 Å². The fraction of sp³-hybridized carbons (Fsp3) is 0.524. The fourth-order valence-electron chi connectivity index (χ4n) is 4.60. The lowest BCUT2D eigenvalue weighted by atomic mass is 9.71. The zero-order chi connectivity index (χ0) is 16.4. The predicted octanol–water partition coefficient (Wildman–Crippen LogP) is 4.98. The molecule has 0 amide bonds. The van der Waals surface area contributed by atoms with E-state index in [0.717, 1.165) is 31.0 Å². The Morgan fingerprint density at radius 2 is 2.08 bits per heavy atom. The molecule has 3 nitrogen and oxygen atoms in total. The first-order valence-corrected chi connectivity index (χ1v) is 9.26. The Morgan fingerprint density at radius 3 is 2.96 bits per heavy atom. The summed E-state index contributed by atoms with van der Waals surface area (Å²) in [5.41, 5.74) is 1.49. The van der Waals surface area contributed by atoms with Crippen LogP contribution < -0.4 is 4.74 Å². The van der Waals surface area contributed by atoms with E-state index in [-0.39, 0.29) is 5.60 Å². The van der Waals surface area contributed by atoms with Gasteiger partial charge in [0, 0.05) is 11.5 Å². The molecule has 0 spiro atoms. The molecule has 0 saturated heterocycles. The molecular weight excluding hydrogens is 298 g/mol. The van der Waals surface area contributed by atoms with Crippen LogP contribution in [0.15, 0.2) is 47.1 Å². The van der Waals surface area contributed by atoms with Crippen molar-refractivity contribution in [3.63, 3.8) is 0 Å². The topological polar surface area (TPSA) is 25.6 Å². The molecule has 2 heterocycles. The first kappa shape index (κ1) is 15.8. The predicted molar refractivity (Wildman–Crippen MR) is 95.3 cm³/mol. The minimum absolute atomic E-state index is 0.0491. The summed E-state index contributed by atoms with van der Waals surface area (Å²) < 4.78 is 12.0. The first-order valence-electron chi connectivity index (χ1n) is 9.26. The Kier molecular flexibility index (Phi) is 4.36. The lowest BCUT2D eigenvalue weighted by molar-refractivity contribution is 0.0232. The second kappa shape index (κ2) is 6.64.